The van der Waals surface area contributed by atoms with Gasteiger partial charge in [0, 0.05) is 12.0 Å². The molecule has 0 radical (unpaired) electrons. The van der Waals surface area contributed by atoms with Crippen molar-refractivity contribution < 1.29 is 0 Å². The first-order valence-corrected chi connectivity index (χ1v) is 5.57. The van der Waals surface area contributed by atoms with Crippen molar-refractivity contribution in [3.63, 3.8) is 0 Å². The molecule has 0 aromatic heterocycles. The fraction of sp³-hybridized carbons (Fsp3) is 0.182. The number of halogens is 1. The Morgan fingerprint density at radius 1 is 1.20 bits per heavy atom. The van der Waals surface area contributed by atoms with E-state index in [9.17, 15) is 0 Å². The lowest BCUT2D eigenvalue weighted by Crippen LogP contribution is -2.19. The first-order chi connectivity index (χ1) is 6.95. The predicted octanol–water partition coefficient (Wildman–Crippen LogP) is 2.98. The highest BCUT2D eigenvalue weighted by molar-refractivity contribution is 8.93. The standard InChI is InChI=1S/C11H10N2S.BrH/c1-2-4-9(5-3-1)10-8-14-11-12-6-7-13(10)11;/h1-5,8H,6-7H2;1H. The van der Waals surface area contributed by atoms with Gasteiger partial charge in [-0.1, -0.05) is 42.1 Å². The monoisotopic (exact) mass is 282 g/mol. The molecule has 2 aliphatic heterocycles. The first kappa shape index (κ1) is 10.8. The summed E-state index contributed by atoms with van der Waals surface area (Å²) in [4.78, 5) is 6.72. The Hall–Kier alpha value is -0.740. The summed E-state index contributed by atoms with van der Waals surface area (Å²) in [5.41, 5.74) is 2.58. The Labute approximate surface area is 104 Å². The molecule has 0 saturated carbocycles. The van der Waals surface area contributed by atoms with E-state index in [1.54, 1.807) is 11.8 Å². The van der Waals surface area contributed by atoms with Gasteiger partial charge in [0.05, 0.1) is 12.2 Å². The summed E-state index contributed by atoms with van der Waals surface area (Å²) in [6, 6.07) is 10.5. The second kappa shape index (κ2) is 4.41. The minimum absolute atomic E-state index is 0. The van der Waals surface area contributed by atoms with Crippen LogP contribution in [0.2, 0.25) is 0 Å². The molecule has 3 rings (SSSR count). The van der Waals surface area contributed by atoms with Gasteiger partial charge in [0.2, 0.25) is 0 Å². The van der Waals surface area contributed by atoms with Crippen LogP contribution >= 0.6 is 28.7 Å². The van der Waals surface area contributed by atoms with Crippen molar-refractivity contribution in [2.24, 2.45) is 4.99 Å². The zero-order chi connectivity index (χ0) is 9.38. The number of nitrogens with zero attached hydrogens (tertiary/aromatic N) is 2. The van der Waals surface area contributed by atoms with Crippen LogP contribution in [0.3, 0.4) is 0 Å². The van der Waals surface area contributed by atoms with Crippen LogP contribution < -0.4 is 0 Å². The number of hydrogen-bond acceptors (Lipinski definition) is 3. The molecule has 2 nitrogen and oxygen atoms in total. The summed E-state index contributed by atoms with van der Waals surface area (Å²) in [6.07, 6.45) is 0. The molecule has 1 aromatic rings. The molecule has 0 bridgehead atoms. The number of amidine groups is 1. The van der Waals surface area contributed by atoms with E-state index in [1.807, 2.05) is 6.07 Å². The zero-order valence-electron chi connectivity index (χ0n) is 8.09. The highest BCUT2D eigenvalue weighted by atomic mass is 79.9. The van der Waals surface area contributed by atoms with Crippen LogP contribution in [0.1, 0.15) is 5.56 Å². The molecule has 0 amide bonds. The molecule has 0 N–H and O–H groups in total. The van der Waals surface area contributed by atoms with Crippen molar-refractivity contribution in [3.8, 4) is 0 Å². The molecular formula is C11H11BrN2S. The SMILES string of the molecule is Br.C1=C(c2ccccc2)N2CCN=C2S1. The average Bonchev–Trinajstić information content (AvgIpc) is 2.79. The summed E-state index contributed by atoms with van der Waals surface area (Å²) in [6.45, 7) is 1.97. The summed E-state index contributed by atoms with van der Waals surface area (Å²) >= 11 is 1.73. The lowest BCUT2D eigenvalue weighted by Gasteiger charge is -2.16. The second-order valence-corrected chi connectivity index (χ2v) is 4.14. The van der Waals surface area contributed by atoms with E-state index in [-0.39, 0.29) is 17.0 Å². The van der Waals surface area contributed by atoms with Gasteiger partial charge in [0.15, 0.2) is 5.17 Å². The third-order valence-electron chi connectivity index (χ3n) is 2.44. The van der Waals surface area contributed by atoms with Crippen LogP contribution in [0.4, 0.5) is 0 Å². The lowest BCUT2D eigenvalue weighted by molar-refractivity contribution is 0.650. The number of rotatable bonds is 1. The van der Waals surface area contributed by atoms with Crippen LogP contribution in [0.15, 0.2) is 40.7 Å². The Morgan fingerprint density at radius 2 is 2.00 bits per heavy atom. The number of fused-ring (bicyclic) bond motifs is 1. The van der Waals surface area contributed by atoms with Crippen molar-refractivity contribution in [2.75, 3.05) is 13.1 Å². The van der Waals surface area contributed by atoms with E-state index in [1.165, 1.54) is 11.3 Å². The minimum atomic E-state index is 0. The highest BCUT2D eigenvalue weighted by Crippen LogP contribution is 2.34. The Morgan fingerprint density at radius 3 is 2.80 bits per heavy atom. The summed E-state index contributed by atoms with van der Waals surface area (Å²) < 4.78 is 0. The van der Waals surface area contributed by atoms with Gasteiger partial charge >= 0.3 is 0 Å². The molecule has 1 aromatic carbocycles. The van der Waals surface area contributed by atoms with Gasteiger partial charge in [0.25, 0.3) is 0 Å². The fourth-order valence-electron chi connectivity index (χ4n) is 1.76. The average molecular weight is 283 g/mol. The number of benzene rings is 1. The molecule has 0 unspecified atom stereocenters. The van der Waals surface area contributed by atoms with Gasteiger partial charge in [-0.25, -0.2) is 0 Å². The van der Waals surface area contributed by atoms with Crippen molar-refractivity contribution in [3.05, 3.63) is 41.3 Å². The fourth-order valence-corrected chi connectivity index (χ4v) is 2.72. The van der Waals surface area contributed by atoms with E-state index in [0.717, 1.165) is 18.3 Å². The Kier molecular flexibility index (Phi) is 3.17. The van der Waals surface area contributed by atoms with Gasteiger partial charge in [0.1, 0.15) is 0 Å². The van der Waals surface area contributed by atoms with Crippen LogP contribution in [-0.4, -0.2) is 23.2 Å². The molecule has 2 heterocycles. The zero-order valence-corrected chi connectivity index (χ0v) is 10.6. The second-order valence-electron chi connectivity index (χ2n) is 3.30. The predicted molar refractivity (Wildman–Crippen MR) is 71.3 cm³/mol. The van der Waals surface area contributed by atoms with Gasteiger partial charge in [-0.15, -0.1) is 17.0 Å². The van der Waals surface area contributed by atoms with Gasteiger partial charge in [-0.3, -0.25) is 4.99 Å². The quantitative estimate of drug-likeness (QED) is 0.787. The summed E-state index contributed by atoms with van der Waals surface area (Å²) in [5.74, 6) is 0. The van der Waals surface area contributed by atoms with Crippen LogP contribution in [0, 0.1) is 0 Å². The molecule has 4 heteroatoms. The van der Waals surface area contributed by atoms with Crippen LogP contribution in [0.5, 0.6) is 0 Å². The lowest BCUT2D eigenvalue weighted by atomic mass is 10.1. The molecule has 0 atom stereocenters. The molecule has 78 valence electrons. The maximum absolute atomic E-state index is 4.43. The smallest absolute Gasteiger partial charge is 0.168 e. The Balaban J connectivity index is 0.000000853. The van der Waals surface area contributed by atoms with Gasteiger partial charge in [-0.2, -0.15) is 0 Å². The molecule has 0 fully saturated rings. The van der Waals surface area contributed by atoms with Gasteiger partial charge in [-0.05, 0) is 5.56 Å². The molecule has 15 heavy (non-hydrogen) atoms. The summed E-state index contributed by atoms with van der Waals surface area (Å²) in [7, 11) is 0. The van der Waals surface area contributed by atoms with Crippen LogP contribution in [-0.2, 0) is 0 Å². The molecule has 0 aliphatic carbocycles. The van der Waals surface area contributed by atoms with E-state index in [2.05, 4.69) is 39.6 Å². The normalized spacial score (nSPS) is 18.0. The number of thioether (sulfide) groups is 1. The molecule has 0 spiro atoms. The summed E-state index contributed by atoms with van der Waals surface area (Å²) in [5, 5.41) is 3.34. The van der Waals surface area contributed by atoms with Crippen molar-refractivity contribution in [2.45, 2.75) is 0 Å². The molecule has 2 aliphatic rings. The van der Waals surface area contributed by atoms with Crippen molar-refractivity contribution in [1.82, 2.24) is 4.90 Å². The number of aliphatic imine (C=N–C) groups is 1. The third kappa shape index (κ3) is 1.84. The van der Waals surface area contributed by atoms with E-state index in [0.29, 0.717) is 0 Å². The van der Waals surface area contributed by atoms with E-state index < -0.39 is 0 Å². The van der Waals surface area contributed by atoms with E-state index in [4.69, 9.17) is 0 Å². The topological polar surface area (TPSA) is 15.6 Å². The Bertz CT molecular complexity index is 414. The molecular weight excluding hydrogens is 272 g/mol. The first-order valence-electron chi connectivity index (χ1n) is 4.69. The largest absolute Gasteiger partial charge is 0.318 e. The van der Waals surface area contributed by atoms with Crippen LogP contribution in [0.25, 0.3) is 5.70 Å². The maximum Gasteiger partial charge on any atom is 0.168 e. The van der Waals surface area contributed by atoms with Crippen molar-refractivity contribution >= 4 is 39.6 Å². The maximum atomic E-state index is 4.43. The van der Waals surface area contributed by atoms with Gasteiger partial charge < -0.3 is 4.90 Å². The van der Waals surface area contributed by atoms with Crippen molar-refractivity contribution in [1.29, 1.82) is 0 Å². The molecule has 0 saturated heterocycles. The van der Waals surface area contributed by atoms with E-state index >= 15 is 0 Å². The number of hydrogen-bond donors (Lipinski definition) is 0. The highest BCUT2D eigenvalue weighted by Gasteiger charge is 2.26. The third-order valence-corrected chi connectivity index (χ3v) is 3.34. The minimum Gasteiger partial charge on any atom is -0.318 e.